The van der Waals surface area contributed by atoms with E-state index < -0.39 is 12.2 Å². The number of nitrogens with one attached hydrogen (secondary N) is 2. The number of urea groups is 1. The molecule has 3 amide bonds. The van der Waals surface area contributed by atoms with Crippen LogP contribution in [-0.4, -0.2) is 30.9 Å². The minimum absolute atomic E-state index is 0.311. The van der Waals surface area contributed by atoms with E-state index in [4.69, 9.17) is 4.99 Å². The van der Waals surface area contributed by atoms with Gasteiger partial charge in [-0.3, -0.25) is 4.79 Å². The summed E-state index contributed by atoms with van der Waals surface area (Å²) in [5.74, 6) is -0.311. The van der Waals surface area contributed by atoms with Gasteiger partial charge in [-0.05, 0) is 31.5 Å². The van der Waals surface area contributed by atoms with Crippen molar-refractivity contribution in [3.05, 3.63) is 95.1 Å². The molecular formula is C25H24N4O2. The highest BCUT2D eigenvalue weighted by atomic mass is 16.2. The molecule has 0 aliphatic carbocycles. The third kappa shape index (κ3) is 4.19. The molecule has 0 spiro atoms. The van der Waals surface area contributed by atoms with Crippen molar-refractivity contribution < 1.29 is 9.59 Å². The standard InChI is InChI=1S/C25H24N4O2/c1-16-13-14-20(17(2)15-16)26-25(31)28-23-24(30)29(3)21-12-8-7-11-19(21)22(27-23)18-9-5-4-6-10-18/h4-15,23H,1-3H3,(H2,26,28,31). The summed E-state index contributed by atoms with van der Waals surface area (Å²) in [6.07, 6.45) is -1.06. The van der Waals surface area contributed by atoms with Gasteiger partial charge in [-0.1, -0.05) is 66.2 Å². The maximum atomic E-state index is 13.2. The van der Waals surface area contributed by atoms with Crippen molar-refractivity contribution in [3.63, 3.8) is 0 Å². The molecule has 0 fully saturated rings. The summed E-state index contributed by atoms with van der Waals surface area (Å²) in [4.78, 5) is 32.1. The number of para-hydroxylation sites is 1. The van der Waals surface area contributed by atoms with E-state index in [-0.39, 0.29) is 5.91 Å². The second-order valence-corrected chi connectivity index (χ2v) is 7.58. The fourth-order valence-corrected chi connectivity index (χ4v) is 3.68. The normalized spacial score (nSPS) is 15.6. The highest BCUT2D eigenvalue weighted by Crippen LogP contribution is 2.27. The summed E-state index contributed by atoms with van der Waals surface area (Å²) in [6.45, 7) is 3.92. The molecule has 0 bridgehead atoms. The van der Waals surface area contributed by atoms with Crippen LogP contribution in [0.3, 0.4) is 0 Å². The molecular weight excluding hydrogens is 388 g/mol. The quantitative estimate of drug-likeness (QED) is 0.674. The Kier molecular flexibility index (Phi) is 5.54. The van der Waals surface area contributed by atoms with Crippen molar-refractivity contribution in [1.82, 2.24) is 5.32 Å². The summed E-state index contributed by atoms with van der Waals surface area (Å²) in [7, 11) is 1.70. The van der Waals surface area contributed by atoms with Crippen LogP contribution in [0.1, 0.15) is 22.3 Å². The lowest BCUT2D eigenvalue weighted by Gasteiger charge is -2.21. The van der Waals surface area contributed by atoms with E-state index >= 15 is 0 Å². The summed E-state index contributed by atoms with van der Waals surface area (Å²) >= 11 is 0. The van der Waals surface area contributed by atoms with Gasteiger partial charge < -0.3 is 15.5 Å². The molecule has 0 aromatic heterocycles. The van der Waals surface area contributed by atoms with Crippen LogP contribution in [0, 0.1) is 13.8 Å². The smallest absolute Gasteiger partial charge is 0.311 e. The second kappa shape index (κ2) is 8.44. The molecule has 1 heterocycles. The highest BCUT2D eigenvalue weighted by Gasteiger charge is 2.30. The number of likely N-dealkylation sites (N-methyl/N-ethyl adjacent to an activating group) is 1. The average molecular weight is 412 g/mol. The predicted octanol–water partition coefficient (Wildman–Crippen LogP) is 4.27. The minimum atomic E-state index is -1.06. The average Bonchev–Trinajstić information content (AvgIpc) is 2.87. The predicted molar refractivity (Wildman–Crippen MR) is 124 cm³/mol. The summed E-state index contributed by atoms with van der Waals surface area (Å²) in [5, 5.41) is 5.56. The molecule has 0 saturated heterocycles. The van der Waals surface area contributed by atoms with Crippen LogP contribution >= 0.6 is 0 Å². The zero-order chi connectivity index (χ0) is 22.0. The Morgan fingerprint density at radius 1 is 0.968 bits per heavy atom. The molecule has 156 valence electrons. The minimum Gasteiger partial charge on any atom is -0.311 e. The molecule has 4 rings (SSSR count). The van der Waals surface area contributed by atoms with Crippen molar-refractivity contribution in [2.75, 3.05) is 17.3 Å². The van der Waals surface area contributed by atoms with Gasteiger partial charge in [0.2, 0.25) is 6.17 Å². The number of hydrogen-bond donors (Lipinski definition) is 2. The number of carbonyl (C=O) groups excluding carboxylic acids is 2. The Morgan fingerprint density at radius 2 is 1.68 bits per heavy atom. The number of benzene rings is 3. The molecule has 2 N–H and O–H groups in total. The van der Waals surface area contributed by atoms with Crippen LogP contribution in [-0.2, 0) is 4.79 Å². The number of aliphatic imine (C=N–C) groups is 1. The Balaban J connectivity index is 1.68. The SMILES string of the molecule is Cc1ccc(NC(=O)NC2N=C(c3ccccc3)c3ccccc3N(C)C2=O)c(C)c1. The number of rotatable bonds is 3. The maximum absolute atomic E-state index is 13.2. The molecule has 3 aromatic rings. The zero-order valence-electron chi connectivity index (χ0n) is 17.7. The third-order valence-corrected chi connectivity index (χ3v) is 5.29. The summed E-state index contributed by atoms with van der Waals surface area (Å²) < 4.78 is 0. The first-order valence-corrected chi connectivity index (χ1v) is 10.1. The Hall–Kier alpha value is -3.93. The van der Waals surface area contributed by atoms with E-state index in [0.29, 0.717) is 11.4 Å². The van der Waals surface area contributed by atoms with E-state index in [1.165, 1.54) is 4.90 Å². The largest absolute Gasteiger partial charge is 0.321 e. The summed E-state index contributed by atoms with van der Waals surface area (Å²) in [6, 6.07) is 22.5. The molecule has 1 atom stereocenters. The van der Waals surface area contributed by atoms with Gasteiger partial charge in [0.15, 0.2) is 0 Å². The van der Waals surface area contributed by atoms with E-state index in [1.807, 2.05) is 86.6 Å². The number of amides is 3. The molecule has 3 aromatic carbocycles. The van der Waals surface area contributed by atoms with Crippen molar-refractivity contribution in [2.24, 2.45) is 4.99 Å². The van der Waals surface area contributed by atoms with Crippen LogP contribution in [0.4, 0.5) is 16.2 Å². The van der Waals surface area contributed by atoms with Gasteiger partial charge in [0.1, 0.15) is 0 Å². The first-order valence-electron chi connectivity index (χ1n) is 10.1. The van der Waals surface area contributed by atoms with Crippen LogP contribution < -0.4 is 15.5 Å². The monoisotopic (exact) mass is 412 g/mol. The van der Waals surface area contributed by atoms with Crippen LogP contribution in [0.15, 0.2) is 77.8 Å². The molecule has 0 saturated carbocycles. The topological polar surface area (TPSA) is 73.8 Å². The lowest BCUT2D eigenvalue weighted by atomic mass is 10.0. The zero-order valence-corrected chi connectivity index (χ0v) is 17.7. The van der Waals surface area contributed by atoms with Crippen LogP contribution in [0.5, 0.6) is 0 Å². The van der Waals surface area contributed by atoms with Crippen LogP contribution in [0.25, 0.3) is 0 Å². The van der Waals surface area contributed by atoms with E-state index in [2.05, 4.69) is 10.6 Å². The number of carbonyl (C=O) groups is 2. The first kappa shape index (κ1) is 20.3. The Labute approximate surface area is 181 Å². The second-order valence-electron chi connectivity index (χ2n) is 7.58. The molecule has 0 radical (unpaired) electrons. The van der Waals surface area contributed by atoms with Gasteiger partial charge in [0.25, 0.3) is 5.91 Å². The Morgan fingerprint density at radius 3 is 2.42 bits per heavy atom. The van der Waals surface area contributed by atoms with E-state index in [1.54, 1.807) is 7.05 Å². The maximum Gasteiger partial charge on any atom is 0.321 e. The van der Waals surface area contributed by atoms with E-state index in [9.17, 15) is 9.59 Å². The lowest BCUT2D eigenvalue weighted by molar-refractivity contribution is -0.119. The first-order chi connectivity index (χ1) is 14.9. The summed E-state index contributed by atoms with van der Waals surface area (Å²) in [5.41, 5.74) is 5.86. The van der Waals surface area contributed by atoms with Gasteiger partial charge in [0.05, 0.1) is 11.4 Å². The molecule has 1 unspecified atom stereocenters. The fourth-order valence-electron chi connectivity index (χ4n) is 3.68. The number of benzodiazepines with no additional fused rings is 1. The Bertz CT molecular complexity index is 1170. The number of aryl methyl sites for hydroxylation is 2. The molecule has 1 aliphatic rings. The number of fused-ring (bicyclic) bond motifs is 1. The van der Waals surface area contributed by atoms with Crippen molar-refractivity contribution in [3.8, 4) is 0 Å². The molecule has 31 heavy (non-hydrogen) atoms. The van der Waals surface area contributed by atoms with Gasteiger partial charge in [-0.15, -0.1) is 0 Å². The number of anilines is 2. The highest BCUT2D eigenvalue weighted by molar-refractivity contribution is 6.20. The number of hydrogen-bond acceptors (Lipinski definition) is 3. The van der Waals surface area contributed by atoms with Gasteiger partial charge in [-0.2, -0.15) is 0 Å². The molecule has 6 nitrogen and oxygen atoms in total. The van der Waals surface area contributed by atoms with E-state index in [0.717, 1.165) is 27.9 Å². The van der Waals surface area contributed by atoms with Crippen molar-refractivity contribution in [2.45, 2.75) is 20.0 Å². The number of nitrogens with zero attached hydrogens (tertiary/aromatic N) is 2. The molecule has 6 heteroatoms. The molecule has 1 aliphatic heterocycles. The lowest BCUT2D eigenvalue weighted by Crippen LogP contribution is -2.47. The van der Waals surface area contributed by atoms with Gasteiger partial charge in [-0.25, -0.2) is 9.79 Å². The van der Waals surface area contributed by atoms with Gasteiger partial charge >= 0.3 is 6.03 Å². The van der Waals surface area contributed by atoms with Gasteiger partial charge in [0, 0.05) is 23.9 Å². The fraction of sp³-hybridized carbons (Fsp3) is 0.160. The van der Waals surface area contributed by atoms with Crippen LogP contribution in [0.2, 0.25) is 0 Å². The third-order valence-electron chi connectivity index (χ3n) is 5.29. The van der Waals surface area contributed by atoms with Crippen molar-refractivity contribution in [1.29, 1.82) is 0 Å². The van der Waals surface area contributed by atoms with Crippen molar-refractivity contribution >= 4 is 29.0 Å².